The molecule has 8 atom stereocenters. The summed E-state index contributed by atoms with van der Waals surface area (Å²) in [4.78, 5) is 51.9. The Balaban J connectivity index is -0.00000144. The quantitative estimate of drug-likeness (QED) is 0.0218. The van der Waals surface area contributed by atoms with E-state index in [9.17, 15) is 24.4 Å². The van der Waals surface area contributed by atoms with Gasteiger partial charge in [-0.2, -0.15) is 39.6 Å². The van der Waals surface area contributed by atoms with E-state index in [0.717, 1.165) is 63.5 Å². The maximum Gasteiger partial charge on any atom is 0.248 e. The summed E-state index contributed by atoms with van der Waals surface area (Å²) in [5, 5.41) is 0. The van der Waals surface area contributed by atoms with Gasteiger partial charge in [0.2, 0.25) is 30.3 Å². The monoisotopic (exact) mass is 1560 g/mol. The van der Waals surface area contributed by atoms with E-state index in [1.165, 1.54) is 265 Å². The molecule has 17 nitrogen and oxygen atoms in total. The van der Waals surface area contributed by atoms with Crippen LogP contribution in [0.4, 0.5) is 0 Å². The Morgan fingerprint density at radius 3 is 1.00 bits per heavy atom. The highest BCUT2D eigenvalue weighted by Gasteiger charge is 2.35. The van der Waals surface area contributed by atoms with Crippen LogP contribution in [0.3, 0.4) is 0 Å². The van der Waals surface area contributed by atoms with E-state index in [2.05, 4.69) is 51.7 Å². The highest BCUT2D eigenvalue weighted by molar-refractivity contribution is 7.80. The zero-order chi connectivity index (χ0) is 72.2. The molecular weight excluding hydrogens is 1400 g/mol. The molecule has 2 saturated heterocycles. The van der Waals surface area contributed by atoms with Gasteiger partial charge in [0, 0.05) is 60.2 Å². The van der Waals surface area contributed by atoms with Gasteiger partial charge >= 0.3 is 0 Å². The van der Waals surface area contributed by atoms with E-state index in [1.54, 1.807) is 7.11 Å². The molecule has 2 rings (SSSR count). The minimum Gasteiger partial charge on any atom is -0.382 e. The fourth-order valence-electron chi connectivity index (χ4n) is 12.0. The standard InChI is InChI=1S/C41H84.C21H42O10P2.C14H30O7P2S.2H2S/c1-3-5-7-9-11-13-15-17-19-21-23-25-27-29-31-33-35-37-39-41-40-38-36-34-32-30-28-26-24-22-20-18-16-14-12-10-8-6-4-2;1-25-16-17-27-14-11-19(22)10-8-6-5-7-9-13-29-33(4,24)31-20-12-15-28-21(20)18-30-32(3,23)26-2;1-17-22(2,15)21-13-8-10-18-14(13)12-20-23(3,16)19-9-6-4-5-7-11-24;;/h3-41H2,1-2H3;20-21,23-24H,3-18H2,1-2H3;13-16,24H,2-12H2,1H3;2*1H2. The third-order valence-corrected chi connectivity index (χ3v) is 23.2. The molecule has 0 bridgehead atoms. The molecule has 2 aliphatic heterocycles. The summed E-state index contributed by atoms with van der Waals surface area (Å²) in [7, 11) is -8.32. The van der Waals surface area contributed by atoms with Crippen LogP contribution in [0.25, 0.3) is 0 Å². The number of methoxy groups -OCH3 is 1. The Hall–Kier alpha value is 1.28. The molecule has 0 amide bonds. The highest BCUT2D eigenvalue weighted by Crippen LogP contribution is 2.49. The van der Waals surface area contributed by atoms with E-state index in [-0.39, 0.29) is 46.0 Å². The first-order valence-corrected chi connectivity index (χ1v) is 47.4. The fraction of sp³-hybridized carbons (Fsp3) is 0.934. The molecule has 604 valence electrons. The molecular formula is C76H160O17P4S3. The van der Waals surface area contributed by atoms with Gasteiger partial charge in [0.05, 0.1) is 58.5 Å². The lowest BCUT2D eigenvalue weighted by atomic mass is 10.0. The van der Waals surface area contributed by atoms with Crippen molar-refractivity contribution in [2.75, 3.05) is 86.5 Å². The Labute approximate surface area is 635 Å². The Kier molecular flexibility index (Phi) is 79.8. The number of ketones is 1. The predicted molar refractivity (Wildman–Crippen MR) is 446 cm³/mol. The number of Topliss-reactive ketones (excluding diaryl/α,β-unsaturated/α-hetero) is 1. The van der Waals surface area contributed by atoms with Crippen molar-refractivity contribution < 1.29 is 79.5 Å². The lowest BCUT2D eigenvalue weighted by molar-refractivity contribution is -0.120. The summed E-state index contributed by atoms with van der Waals surface area (Å²) in [6.45, 7) is 7.90. The fourth-order valence-corrected chi connectivity index (χ4v) is 15.4. The molecule has 2 aliphatic rings. The second-order valence-electron chi connectivity index (χ2n) is 27.5. The summed E-state index contributed by atoms with van der Waals surface area (Å²) in [5.41, 5.74) is 0. The summed E-state index contributed by atoms with van der Waals surface area (Å²) < 4.78 is 63.6. The summed E-state index contributed by atoms with van der Waals surface area (Å²) >= 11 is 4.16. The topological polar surface area (TPSA) is 209 Å². The van der Waals surface area contributed by atoms with E-state index >= 15 is 0 Å². The zero-order valence-corrected chi connectivity index (χ0v) is 71.3. The van der Waals surface area contributed by atoms with Crippen molar-refractivity contribution in [3.05, 3.63) is 0 Å². The van der Waals surface area contributed by atoms with Crippen LogP contribution in [-0.4, -0.2) is 162 Å². The summed E-state index contributed by atoms with van der Waals surface area (Å²) in [6.07, 6.45) is 81.2. The van der Waals surface area contributed by atoms with Gasteiger partial charge < -0.3 is 74.7 Å². The van der Waals surface area contributed by atoms with Crippen molar-refractivity contribution in [1.29, 1.82) is 0 Å². The third kappa shape index (κ3) is 72.2. The van der Waals surface area contributed by atoms with Crippen molar-refractivity contribution in [1.82, 2.24) is 0 Å². The lowest BCUT2D eigenvalue weighted by Gasteiger charge is -2.26. The summed E-state index contributed by atoms with van der Waals surface area (Å²) in [5.74, 6) is 1.11. The number of carbonyl (C=O) groups is 1. The number of ether oxygens (including phenoxy) is 4. The number of carbonyl (C=O) groups excluding carboxylic acids is 1. The third-order valence-electron chi connectivity index (χ3n) is 18.3. The van der Waals surface area contributed by atoms with Gasteiger partial charge in [-0.3, -0.25) is 4.79 Å². The maximum absolute atomic E-state index is 11.8. The molecule has 0 aliphatic carbocycles. The minimum absolute atomic E-state index is 0. The number of thiol groups is 1. The van der Waals surface area contributed by atoms with E-state index in [0.29, 0.717) is 71.9 Å². The van der Waals surface area contributed by atoms with E-state index < -0.39 is 54.7 Å². The van der Waals surface area contributed by atoms with Gasteiger partial charge in [-0.05, 0) is 56.6 Å². The lowest BCUT2D eigenvalue weighted by Crippen LogP contribution is -2.28. The smallest absolute Gasteiger partial charge is 0.248 e. The van der Waals surface area contributed by atoms with Gasteiger partial charge in [0.15, 0.2) is 0 Å². The maximum atomic E-state index is 11.8. The van der Waals surface area contributed by atoms with Gasteiger partial charge in [-0.15, -0.1) is 0 Å². The van der Waals surface area contributed by atoms with Crippen LogP contribution in [0, 0.1) is 0 Å². The molecule has 8 unspecified atom stereocenters. The number of unbranched alkanes of at least 4 members (excludes halogenated alkanes) is 45. The first-order valence-electron chi connectivity index (χ1n) is 39.7. The molecule has 0 aromatic heterocycles. The average Bonchev–Trinajstić information content (AvgIpc) is 1.70. The second-order valence-corrected chi connectivity index (χ2v) is 35.2. The normalized spacial score (nSPS) is 18.3. The van der Waals surface area contributed by atoms with Gasteiger partial charge in [-0.1, -0.05) is 296 Å². The molecule has 0 spiro atoms. The van der Waals surface area contributed by atoms with Crippen molar-refractivity contribution in [3.63, 3.8) is 0 Å². The average molecular weight is 1570 g/mol. The first kappa shape index (κ1) is 105. The molecule has 0 radical (unpaired) electrons. The number of rotatable bonds is 72. The van der Waals surface area contributed by atoms with Crippen molar-refractivity contribution in [3.8, 4) is 0 Å². The first-order chi connectivity index (χ1) is 47.4. The van der Waals surface area contributed by atoms with Crippen molar-refractivity contribution in [2.45, 2.75) is 372 Å². The molecule has 2 heterocycles. The van der Waals surface area contributed by atoms with Crippen molar-refractivity contribution >= 4 is 101 Å². The van der Waals surface area contributed by atoms with Crippen LogP contribution in [0.2, 0.25) is 0 Å². The SMILES string of the molecule is C=P(O)(OC)OCC1OCCC1OP(=C)(O)OCCCCCCCC(=O)CCOCCOC.C=P(O)(OCCCCCCS)OCC1OCCC1OP(=C)(O)OC.CCCCCCCCCCCCCCCCCCCCCCCCCCCCCCCCCCCCCCCCC.S.S. The summed E-state index contributed by atoms with van der Waals surface area (Å²) in [6, 6.07) is 0. The van der Waals surface area contributed by atoms with Gasteiger partial charge in [-0.25, -0.2) is 0 Å². The largest absolute Gasteiger partial charge is 0.382 e. The molecule has 24 heteroatoms. The Morgan fingerprint density at radius 1 is 0.370 bits per heavy atom. The zero-order valence-electron chi connectivity index (χ0n) is 64.8. The molecule has 4 N–H and O–H groups in total. The Bertz CT molecular complexity index is 1900. The van der Waals surface area contributed by atoms with Gasteiger partial charge in [0.1, 0.15) is 18.0 Å². The number of hydrogen-bond donors (Lipinski definition) is 5. The van der Waals surface area contributed by atoms with Crippen LogP contribution >= 0.6 is 69.9 Å². The number of hydrogen-bond acceptors (Lipinski definition) is 18. The van der Waals surface area contributed by atoms with Crippen LogP contribution < -0.4 is 0 Å². The van der Waals surface area contributed by atoms with E-state index in [4.69, 9.17) is 55.1 Å². The van der Waals surface area contributed by atoms with Crippen LogP contribution in [0.1, 0.15) is 348 Å². The second kappa shape index (κ2) is 75.7. The Morgan fingerprint density at radius 2 is 0.670 bits per heavy atom. The predicted octanol–water partition coefficient (Wildman–Crippen LogP) is 22.3. The minimum atomic E-state index is -3.24. The van der Waals surface area contributed by atoms with Crippen LogP contribution in [0.15, 0.2) is 0 Å². The van der Waals surface area contributed by atoms with Crippen LogP contribution in [-0.2, 0) is 59.9 Å². The molecule has 100 heavy (non-hydrogen) atoms. The molecule has 0 saturated carbocycles. The van der Waals surface area contributed by atoms with E-state index in [1.807, 2.05) is 0 Å². The highest BCUT2D eigenvalue weighted by atomic mass is 32.1. The van der Waals surface area contributed by atoms with Crippen molar-refractivity contribution in [2.24, 2.45) is 0 Å². The van der Waals surface area contributed by atoms with Gasteiger partial charge in [0.25, 0.3) is 0 Å². The molecule has 0 aromatic rings. The molecule has 2 fully saturated rings. The molecule has 0 aromatic carbocycles. The van der Waals surface area contributed by atoms with Crippen LogP contribution in [0.5, 0.6) is 0 Å².